The Balaban J connectivity index is 2.53. The Kier molecular flexibility index (Phi) is 3.02. The molecule has 0 saturated carbocycles. The number of alkyl halides is 1. The molecular weight excluding hydrogens is 286 g/mol. The molecule has 15 heavy (non-hydrogen) atoms. The highest BCUT2D eigenvalue weighted by molar-refractivity contribution is 9.10. The molecule has 6 heteroatoms. The molecule has 2 aromatic rings. The van der Waals surface area contributed by atoms with Crippen molar-refractivity contribution in [2.24, 2.45) is 0 Å². The van der Waals surface area contributed by atoms with Crippen LogP contribution in [0.15, 0.2) is 27.2 Å². The highest BCUT2D eigenvalue weighted by Crippen LogP contribution is 2.29. The lowest BCUT2D eigenvalue weighted by molar-refractivity contribution is 0.422. The van der Waals surface area contributed by atoms with Gasteiger partial charge in [-0.05, 0) is 28.1 Å². The Morgan fingerprint density at radius 1 is 1.47 bits per heavy atom. The van der Waals surface area contributed by atoms with Crippen LogP contribution >= 0.6 is 27.5 Å². The van der Waals surface area contributed by atoms with Crippen molar-refractivity contribution in [1.82, 2.24) is 10.1 Å². The molecule has 1 aromatic heterocycles. The molecule has 0 amide bonds. The molecule has 0 saturated heterocycles. The van der Waals surface area contributed by atoms with Crippen molar-refractivity contribution in [3.05, 3.63) is 34.3 Å². The average Bonchev–Trinajstić information content (AvgIpc) is 2.66. The molecule has 1 heterocycles. The minimum atomic E-state index is -0.422. The molecule has 0 N–H and O–H groups in total. The highest BCUT2D eigenvalue weighted by Gasteiger charge is 2.15. The van der Waals surface area contributed by atoms with Crippen molar-refractivity contribution in [2.45, 2.75) is 5.88 Å². The van der Waals surface area contributed by atoms with Gasteiger partial charge in [-0.15, -0.1) is 11.6 Å². The van der Waals surface area contributed by atoms with E-state index in [1.54, 1.807) is 12.1 Å². The largest absolute Gasteiger partial charge is 0.334 e. The average molecular weight is 292 g/mol. The van der Waals surface area contributed by atoms with Crippen LogP contribution in [0, 0.1) is 5.82 Å². The van der Waals surface area contributed by atoms with Gasteiger partial charge in [0.2, 0.25) is 0 Å². The van der Waals surface area contributed by atoms with Crippen LogP contribution in [0.2, 0.25) is 0 Å². The van der Waals surface area contributed by atoms with E-state index in [4.69, 9.17) is 16.1 Å². The maximum absolute atomic E-state index is 13.5. The highest BCUT2D eigenvalue weighted by atomic mass is 79.9. The van der Waals surface area contributed by atoms with E-state index in [-0.39, 0.29) is 17.3 Å². The summed E-state index contributed by atoms with van der Waals surface area (Å²) < 4.78 is 18.9. The normalized spacial score (nSPS) is 10.6. The summed E-state index contributed by atoms with van der Waals surface area (Å²) in [5, 5.41) is 3.59. The van der Waals surface area contributed by atoms with E-state index < -0.39 is 5.82 Å². The van der Waals surface area contributed by atoms with Gasteiger partial charge in [-0.2, -0.15) is 4.98 Å². The Bertz CT molecular complexity index is 468. The van der Waals surface area contributed by atoms with Crippen molar-refractivity contribution in [2.75, 3.05) is 0 Å². The van der Waals surface area contributed by atoms with Crippen LogP contribution in [-0.2, 0) is 5.88 Å². The molecule has 0 aliphatic heterocycles. The zero-order chi connectivity index (χ0) is 10.8. The number of rotatable bonds is 2. The molecule has 0 aliphatic rings. The van der Waals surface area contributed by atoms with Gasteiger partial charge in [-0.1, -0.05) is 11.2 Å². The first kappa shape index (κ1) is 10.6. The number of nitrogens with zero attached hydrogens (tertiary/aromatic N) is 2. The van der Waals surface area contributed by atoms with Gasteiger partial charge in [0.1, 0.15) is 5.82 Å². The van der Waals surface area contributed by atoms with Gasteiger partial charge in [-0.25, -0.2) is 4.39 Å². The van der Waals surface area contributed by atoms with Gasteiger partial charge >= 0.3 is 0 Å². The zero-order valence-corrected chi connectivity index (χ0v) is 9.72. The molecule has 3 nitrogen and oxygen atoms in total. The Labute approximate surface area is 98.4 Å². The Hall–Kier alpha value is -0.940. The summed E-state index contributed by atoms with van der Waals surface area (Å²) >= 11 is 8.73. The molecule has 0 bridgehead atoms. The fourth-order valence-corrected chi connectivity index (χ4v) is 1.73. The van der Waals surface area contributed by atoms with Gasteiger partial charge in [0.25, 0.3) is 5.89 Å². The number of aromatic nitrogens is 2. The van der Waals surface area contributed by atoms with E-state index in [1.807, 2.05) is 0 Å². The molecule has 0 unspecified atom stereocenters. The second kappa shape index (κ2) is 4.28. The summed E-state index contributed by atoms with van der Waals surface area (Å²) in [6.07, 6.45) is 0. The van der Waals surface area contributed by atoms with Crippen LogP contribution < -0.4 is 0 Å². The molecule has 1 aromatic carbocycles. The monoisotopic (exact) mass is 290 g/mol. The SMILES string of the molecule is Fc1cccc(Br)c1-c1nc(CCl)no1. The molecule has 78 valence electrons. The standard InChI is InChI=1S/C9H5BrClFN2O/c10-5-2-1-3-6(12)8(5)9-13-7(4-11)14-15-9/h1-3H,4H2. The predicted molar refractivity (Wildman–Crippen MR) is 56.9 cm³/mol. The summed E-state index contributed by atoms with van der Waals surface area (Å²) in [4.78, 5) is 3.94. The fourth-order valence-electron chi connectivity index (χ4n) is 1.11. The quantitative estimate of drug-likeness (QED) is 0.796. The predicted octanol–water partition coefficient (Wildman–Crippen LogP) is 3.38. The molecule has 0 fully saturated rings. The molecule has 0 aliphatic carbocycles. The van der Waals surface area contributed by atoms with Gasteiger partial charge in [-0.3, -0.25) is 0 Å². The van der Waals surface area contributed by atoms with Crippen molar-refractivity contribution in [3.8, 4) is 11.5 Å². The molecule has 2 rings (SSSR count). The van der Waals surface area contributed by atoms with Crippen LogP contribution in [0.1, 0.15) is 5.82 Å². The number of hydrogen-bond acceptors (Lipinski definition) is 3. The Morgan fingerprint density at radius 2 is 2.27 bits per heavy atom. The van der Waals surface area contributed by atoms with E-state index in [9.17, 15) is 4.39 Å². The smallest absolute Gasteiger partial charge is 0.262 e. The van der Waals surface area contributed by atoms with Gasteiger partial charge in [0, 0.05) is 4.47 Å². The summed E-state index contributed by atoms with van der Waals surface area (Å²) in [6, 6.07) is 4.61. The number of hydrogen-bond donors (Lipinski definition) is 0. The second-order valence-electron chi connectivity index (χ2n) is 2.75. The molecule has 0 atom stereocenters. The first-order valence-electron chi connectivity index (χ1n) is 4.05. The molecule has 0 radical (unpaired) electrons. The second-order valence-corrected chi connectivity index (χ2v) is 3.87. The molecule has 0 spiro atoms. The molecular formula is C9H5BrClFN2O. The van der Waals surface area contributed by atoms with Gasteiger partial charge in [0.15, 0.2) is 5.82 Å². The van der Waals surface area contributed by atoms with Crippen LogP contribution in [0.5, 0.6) is 0 Å². The van der Waals surface area contributed by atoms with Crippen LogP contribution in [0.25, 0.3) is 11.5 Å². The number of halogens is 3. The van der Waals surface area contributed by atoms with Crippen molar-refractivity contribution in [3.63, 3.8) is 0 Å². The van der Waals surface area contributed by atoms with Crippen molar-refractivity contribution in [1.29, 1.82) is 0 Å². The Morgan fingerprint density at radius 3 is 2.87 bits per heavy atom. The van der Waals surface area contributed by atoms with E-state index in [0.717, 1.165) is 0 Å². The van der Waals surface area contributed by atoms with E-state index in [1.165, 1.54) is 6.07 Å². The third-order valence-electron chi connectivity index (χ3n) is 1.76. The topological polar surface area (TPSA) is 38.9 Å². The van der Waals surface area contributed by atoms with Gasteiger partial charge < -0.3 is 4.52 Å². The van der Waals surface area contributed by atoms with E-state index in [2.05, 4.69) is 26.1 Å². The number of benzene rings is 1. The fraction of sp³-hybridized carbons (Fsp3) is 0.111. The summed E-state index contributed by atoms with van der Waals surface area (Å²) in [5.41, 5.74) is 0.251. The maximum atomic E-state index is 13.5. The third kappa shape index (κ3) is 2.03. The van der Waals surface area contributed by atoms with Crippen molar-refractivity contribution < 1.29 is 8.91 Å². The van der Waals surface area contributed by atoms with Crippen molar-refractivity contribution >= 4 is 27.5 Å². The lowest BCUT2D eigenvalue weighted by Gasteiger charge is -1.99. The van der Waals surface area contributed by atoms with E-state index >= 15 is 0 Å². The first-order valence-corrected chi connectivity index (χ1v) is 5.38. The lowest BCUT2D eigenvalue weighted by Crippen LogP contribution is -1.86. The summed E-state index contributed by atoms with van der Waals surface area (Å²) in [7, 11) is 0. The van der Waals surface area contributed by atoms with Gasteiger partial charge in [0.05, 0.1) is 11.4 Å². The third-order valence-corrected chi connectivity index (χ3v) is 2.66. The van der Waals surface area contributed by atoms with Crippen LogP contribution in [0.4, 0.5) is 4.39 Å². The zero-order valence-electron chi connectivity index (χ0n) is 7.38. The summed E-state index contributed by atoms with van der Waals surface area (Å²) in [6.45, 7) is 0. The maximum Gasteiger partial charge on any atom is 0.262 e. The lowest BCUT2D eigenvalue weighted by atomic mass is 10.2. The summed E-state index contributed by atoms with van der Waals surface area (Å²) in [5.74, 6) is 0.168. The minimum absolute atomic E-state index is 0.121. The minimum Gasteiger partial charge on any atom is -0.334 e. The van der Waals surface area contributed by atoms with E-state index in [0.29, 0.717) is 10.3 Å². The van der Waals surface area contributed by atoms with Crippen LogP contribution in [-0.4, -0.2) is 10.1 Å². The van der Waals surface area contributed by atoms with Crippen LogP contribution in [0.3, 0.4) is 0 Å². The first-order chi connectivity index (χ1) is 7.22.